The molecule has 0 aliphatic carbocycles. The molecule has 3 aromatic carbocycles. The van der Waals surface area contributed by atoms with Crippen LogP contribution in [0.25, 0.3) is 10.9 Å². The number of likely N-dealkylation sites (tertiary alicyclic amines) is 1. The van der Waals surface area contributed by atoms with E-state index in [2.05, 4.69) is 65.8 Å². The smallest absolute Gasteiger partial charge is 0.231 e. The van der Waals surface area contributed by atoms with Crippen molar-refractivity contribution in [1.29, 1.82) is 0 Å². The molecule has 1 saturated heterocycles. The normalized spacial score (nSPS) is 22.0. The zero-order valence-electron chi connectivity index (χ0n) is 18.9. The van der Waals surface area contributed by atoms with Gasteiger partial charge in [0.05, 0.1) is 11.8 Å². The first-order chi connectivity index (χ1) is 16.7. The van der Waals surface area contributed by atoms with Crippen LogP contribution in [-0.4, -0.2) is 35.3 Å². The van der Waals surface area contributed by atoms with E-state index in [1.54, 1.807) is 0 Å². The van der Waals surface area contributed by atoms with E-state index < -0.39 is 0 Å². The highest BCUT2D eigenvalue weighted by atomic mass is 16.7. The number of anilines is 1. The highest BCUT2D eigenvalue weighted by Gasteiger charge is 2.57. The summed E-state index contributed by atoms with van der Waals surface area (Å²) in [6.07, 6.45) is 0.981. The SMILES string of the molecule is Cc1c(C23CCN(C(=O)Cc4cccc5c4OCO5)C2Nc2ccccc23)[nH]c2ccccc12. The van der Waals surface area contributed by atoms with E-state index in [0.29, 0.717) is 18.0 Å². The van der Waals surface area contributed by atoms with Gasteiger partial charge in [0.15, 0.2) is 11.5 Å². The molecule has 0 radical (unpaired) electrons. The summed E-state index contributed by atoms with van der Waals surface area (Å²) in [5.74, 6) is 1.49. The number of para-hydroxylation sites is 3. The van der Waals surface area contributed by atoms with Crippen LogP contribution in [0.15, 0.2) is 66.7 Å². The molecule has 3 aliphatic heterocycles. The van der Waals surface area contributed by atoms with Gasteiger partial charge in [-0.15, -0.1) is 0 Å². The summed E-state index contributed by atoms with van der Waals surface area (Å²) >= 11 is 0. The Kier molecular flexibility index (Phi) is 4.04. The molecule has 1 aromatic heterocycles. The average molecular weight is 452 g/mol. The third-order valence-corrected chi connectivity index (χ3v) is 7.78. The number of amides is 1. The molecule has 6 nitrogen and oxygen atoms in total. The number of hydrogen-bond acceptors (Lipinski definition) is 4. The van der Waals surface area contributed by atoms with Crippen LogP contribution in [-0.2, 0) is 16.6 Å². The summed E-state index contributed by atoms with van der Waals surface area (Å²) in [6, 6.07) is 22.7. The van der Waals surface area contributed by atoms with E-state index in [0.717, 1.165) is 23.2 Å². The summed E-state index contributed by atoms with van der Waals surface area (Å²) in [5, 5.41) is 4.94. The molecule has 6 heteroatoms. The lowest BCUT2D eigenvalue weighted by Gasteiger charge is -2.33. The second-order valence-corrected chi connectivity index (χ2v) is 9.40. The largest absolute Gasteiger partial charge is 0.454 e. The van der Waals surface area contributed by atoms with Crippen LogP contribution in [0, 0.1) is 6.92 Å². The van der Waals surface area contributed by atoms with E-state index in [9.17, 15) is 4.79 Å². The summed E-state index contributed by atoms with van der Waals surface area (Å²) in [4.78, 5) is 19.5. The molecular formula is C28H25N3O3. The first-order valence-electron chi connectivity index (χ1n) is 11.8. The fourth-order valence-corrected chi connectivity index (χ4v) is 6.24. The third-order valence-electron chi connectivity index (χ3n) is 7.78. The van der Waals surface area contributed by atoms with Crippen molar-refractivity contribution < 1.29 is 14.3 Å². The van der Waals surface area contributed by atoms with E-state index in [-0.39, 0.29) is 30.7 Å². The van der Waals surface area contributed by atoms with Gasteiger partial charge >= 0.3 is 0 Å². The second kappa shape index (κ2) is 7.03. The lowest BCUT2D eigenvalue weighted by atomic mass is 9.75. The average Bonchev–Trinajstić information content (AvgIpc) is 3.61. The molecule has 0 bridgehead atoms. The molecule has 1 amide bonds. The molecule has 3 aliphatic rings. The number of nitrogens with zero attached hydrogens (tertiary/aromatic N) is 1. The van der Waals surface area contributed by atoms with Crippen molar-refractivity contribution in [2.75, 3.05) is 18.7 Å². The minimum absolute atomic E-state index is 0.0878. The first-order valence-corrected chi connectivity index (χ1v) is 11.8. The maximum atomic E-state index is 13.7. The van der Waals surface area contributed by atoms with Gasteiger partial charge in [-0.3, -0.25) is 4.79 Å². The first kappa shape index (κ1) is 19.5. The van der Waals surface area contributed by atoms with Gasteiger partial charge in [-0.1, -0.05) is 48.5 Å². The third kappa shape index (κ3) is 2.54. The number of nitrogens with one attached hydrogen (secondary N) is 2. The van der Waals surface area contributed by atoms with E-state index in [4.69, 9.17) is 9.47 Å². The van der Waals surface area contributed by atoms with Crippen LogP contribution in [0.1, 0.15) is 28.8 Å². The number of hydrogen-bond donors (Lipinski definition) is 2. The van der Waals surface area contributed by atoms with Crippen molar-refractivity contribution in [2.45, 2.75) is 31.3 Å². The highest BCUT2D eigenvalue weighted by Crippen LogP contribution is 2.54. The van der Waals surface area contributed by atoms with Crippen LogP contribution >= 0.6 is 0 Å². The van der Waals surface area contributed by atoms with E-state index in [1.807, 2.05) is 23.1 Å². The van der Waals surface area contributed by atoms with Gasteiger partial charge in [-0.05, 0) is 42.7 Å². The molecule has 2 atom stereocenters. The number of H-pyrrole nitrogens is 1. The summed E-state index contributed by atoms with van der Waals surface area (Å²) in [7, 11) is 0. The number of aromatic amines is 1. The maximum Gasteiger partial charge on any atom is 0.231 e. The zero-order chi connectivity index (χ0) is 22.9. The Morgan fingerprint density at radius 1 is 1.06 bits per heavy atom. The molecule has 4 aromatic rings. The number of aromatic nitrogens is 1. The number of rotatable bonds is 3. The van der Waals surface area contributed by atoms with Gasteiger partial charge in [-0.2, -0.15) is 0 Å². The van der Waals surface area contributed by atoms with Gasteiger partial charge in [0.1, 0.15) is 6.17 Å². The Balaban J connectivity index is 1.31. The van der Waals surface area contributed by atoms with Gasteiger partial charge in [0.25, 0.3) is 0 Å². The fourth-order valence-electron chi connectivity index (χ4n) is 6.24. The van der Waals surface area contributed by atoms with Crippen molar-refractivity contribution >= 4 is 22.5 Å². The Morgan fingerprint density at radius 2 is 1.91 bits per heavy atom. The van der Waals surface area contributed by atoms with Crippen LogP contribution < -0.4 is 14.8 Å². The molecular weight excluding hydrogens is 426 g/mol. The number of carbonyl (C=O) groups is 1. The number of carbonyl (C=O) groups excluding carboxylic acids is 1. The summed E-state index contributed by atoms with van der Waals surface area (Å²) in [6.45, 7) is 3.08. The fraction of sp³-hybridized carbons (Fsp3) is 0.250. The number of ether oxygens (including phenoxy) is 2. The Morgan fingerprint density at radius 3 is 2.82 bits per heavy atom. The molecule has 0 saturated carbocycles. The molecule has 170 valence electrons. The Labute approximate surface area is 197 Å². The summed E-state index contributed by atoms with van der Waals surface area (Å²) < 4.78 is 11.2. The minimum Gasteiger partial charge on any atom is -0.454 e. The van der Waals surface area contributed by atoms with Crippen molar-refractivity contribution in [2.24, 2.45) is 0 Å². The summed E-state index contributed by atoms with van der Waals surface area (Å²) in [5.41, 5.74) is 6.48. The lowest BCUT2D eigenvalue weighted by Crippen LogP contribution is -2.47. The lowest BCUT2D eigenvalue weighted by molar-refractivity contribution is -0.131. The Hall–Kier alpha value is -3.93. The predicted octanol–water partition coefficient (Wildman–Crippen LogP) is 4.72. The van der Waals surface area contributed by atoms with Crippen LogP contribution in [0.2, 0.25) is 0 Å². The minimum atomic E-state index is -0.326. The molecule has 4 heterocycles. The Bertz CT molecular complexity index is 1460. The van der Waals surface area contributed by atoms with Crippen molar-refractivity contribution in [3.8, 4) is 11.5 Å². The molecule has 0 spiro atoms. The standard InChI is InChI=1S/C28H25N3O3/c1-17-19-8-2-4-10-21(19)29-26(17)28-13-14-31(27(28)30-22-11-5-3-9-20(22)28)24(32)15-18-7-6-12-23-25(18)34-16-33-23/h2-12,27,29-30H,13-16H2,1H3. The molecule has 2 N–H and O–H groups in total. The van der Waals surface area contributed by atoms with Gasteiger partial charge in [-0.25, -0.2) is 0 Å². The number of fused-ring (bicyclic) bond motifs is 5. The monoisotopic (exact) mass is 451 g/mol. The zero-order valence-corrected chi connectivity index (χ0v) is 18.9. The highest BCUT2D eigenvalue weighted by molar-refractivity contribution is 5.87. The number of benzene rings is 3. The van der Waals surface area contributed by atoms with Gasteiger partial charge in [0, 0.05) is 34.4 Å². The van der Waals surface area contributed by atoms with Gasteiger partial charge in [0.2, 0.25) is 12.7 Å². The quantitative estimate of drug-likeness (QED) is 0.473. The van der Waals surface area contributed by atoms with E-state index in [1.165, 1.54) is 22.2 Å². The van der Waals surface area contributed by atoms with Crippen molar-refractivity contribution in [3.05, 3.63) is 89.1 Å². The molecule has 2 unspecified atom stereocenters. The number of aryl methyl sites for hydroxylation is 1. The van der Waals surface area contributed by atoms with Crippen molar-refractivity contribution in [1.82, 2.24) is 9.88 Å². The topological polar surface area (TPSA) is 66.6 Å². The second-order valence-electron chi connectivity index (χ2n) is 9.40. The van der Waals surface area contributed by atoms with E-state index >= 15 is 0 Å². The maximum absolute atomic E-state index is 13.7. The van der Waals surface area contributed by atoms with Crippen LogP contribution in [0.4, 0.5) is 5.69 Å². The van der Waals surface area contributed by atoms with Crippen LogP contribution in [0.5, 0.6) is 11.5 Å². The van der Waals surface area contributed by atoms with Crippen LogP contribution in [0.3, 0.4) is 0 Å². The molecule has 34 heavy (non-hydrogen) atoms. The molecule has 1 fully saturated rings. The molecule has 7 rings (SSSR count). The van der Waals surface area contributed by atoms with Gasteiger partial charge < -0.3 is 24.7 Å². The predicted molar refractivity (Wildman–Crippen MR) is 130 cm³/mol. The van der Waals surface area contributed by atoms with Crippen molar-refractivity contribution in [3.63, 3.8) is 0 Å².